The van der Waals surface area contributed by atoms with Crippen molar-refractivity contribution in [2.45, 2.75) is 30.8 Å². The van der Waals surface area contributed by atoms with Gasteiger partial charge in [0.2, 0.25) is 11.8 Å². The number of rotatable bonds is 14. The number of anilines is 1. The van der Waals surface area contributed by atoms with Gasteiger partial charge in [-0.25, -0.2) is 8.42 Å². The van der Waals surface area contributed by atoms with E-state index < -0.39 is 28.5 Å². The number of ether oxygens (including phenoxy) is 2. The molecule has 0 aliphatic carbocycles. The van der Waals surface area contributed by atoms with Crippen molar-refractivity contribution in [1.29, 1.82) is 0 Å². The number of nitrogens with one attached hydrogen (secondary N) is 1. The van der Waals surface area contributed by atoms with Crippen molar-refractivity contribution in [1.82, 2.24) is 10.2 Å². The van der Waals surface area contributed by atoms with Gasteiger partial charge in [-0.3, -0.25) is 13.9 Å². The number of methoxy groups -OCH3 is 2. The number of carbonyl (C=O) groups excluding carboxylic acids is 2. The molecule has 0 bridgehead atoms. The minimum Gasteiger partial charge on any atom is -0.497 e. The predicted octanol–water partition coefficient (Wildman–Crippen LogP) is 4.68. The van der Waals surface area contributed by atoms with Crippen LogP contribution in [0.15, 0.2) is 114 Å². The lowest BCUT2D eigenvalue weighted by Crippen LogP contribution is -2.53. The third kappa shape index (κ3) is 7.96. The van der Waals surface area contributed by atoms with Gasteiger partial charge in [-0.05, 0) is 66.6 Å². The highest BCUT2D eigenvalue weighted by atomic mass is 32.2. The number of hydrogen-bond donors (Lipinski definition) is 1. The molecule has 9 nitrogen and oxygen atoms in total. The summed E-state index contributed by atoms with van der Waals surface area (Å²) in [6.45, 7) is 1.68. The molecule has 44 heavy (non-hydrogen) atoms. The minimum absolute atomic E-state index is 0.0347. The number of amides is 2. The Morgan fingerprint density at radius 3 is 2.00 bits per heavy atom. The van der Waals surface area contributed by atoms with Crippen molar-refractivity contribution < 1.29 is 27.5 Å². The highest BCUT2D eigenvalue weighted by molar-refractivity contribution is 7.92. The van der Waals surface area contributed by atoms with Crippen LogP contribution in [0, 0.1) is 0 Å². The fourth-order valence-electron chi connectivity index (χ4n) is 4.81. The molecule has 0 fully saturated rings. The lowest BCUT2D eigenvalue weighted by molar-refractivity contribution is -0.140. The average molecular weight is 616 g/mol. The topological polar surface area (TPSA) is 105 Å². The molecule has 4 rings (SSSR count). The molecule has 230 valence electrons. The van der Waals surface area contributed by atoms with Crippen LogP contribution in [0.5, 0.6) is 11.5 Å². The first-order valence-corrected chi connectivity index (χ1v) is 15.7. The molecular weight excluding hydrogens is 578 g/mol. The molecule has 0 saturated heterocycles. The van der Waals surface area contributed by atoms with Crippen molar-refractivity contribution in [2.75, 3.05) is 31.6 Å². The first kappa shape index (κ1) is 32.1. The smallest absolute Gasteiger partial charge is 0.264 e. The van der Waals surface area contributed by atoms with Crippen LogP contribution in [0.3, 0.4) is 0 Å². The lowest BCUT2D eigenvalue weighted by Gasteiger charge is -2.34. The molecule has 1 atom stereocenters. The van der Waals surface area contributed by atoms with Crippen LogP contribution in [0.25, 0.3) is 0 Å². The summed E-state index contributed by atoms with van der Waals surface area (Å²) in [5, 5.41) is 2.86. The molecule has 0 saturated carbocycles. The van der Waals surface area contributed by atoms with Crippen LogP contribution >= 0.6 is 0 Å². The Bertz CT molecular complexity index is 1630. The Hall–Kier alpha value is -4.83. The zero-order valence-electron chi connectivity index (χ0n) is 25.1. The molecule has 0 spiro atoms. The molecule has 4 aromatic rings. The number of carbonyl (C=O) groups is 2. The van der Waals surface area contributed by atoms with Crippen LogP contribution in [0.1, 0.15) is 18.1 Å². The van der Waals surface area contributed by atoms with Gasteiger partial charge in [-0.15, -0.1) is 0 Å². The molecule has 0 aliphatic rings. The van der Waals surface area contributed by atoms with Gasteiger partial charge in [0.25, 0.3) is 10.0 Å². The standard InChI is InChI=1S/C34H37N3O6S/c1-4-35-34(39)32(23-26-12-7-5-8-13-26)36(24-27-14-11-15-30(22-27)43-3)33(38)25-37(28-18-20-29(42-2)21-19-28)44(40,41)31-16-9-6-10-17-31/h5-22,32H,4,23-25H2,1-3H3,(H,35,39)/t32-/m0/s1. The number of sulfonamides is 1. The van der Waals surface area contributed by atoms with E-state index in [-0.39, 0.29) is 29.5 Å². The molecule has 0 unspecified atom stereocenters. The summed E-state index contributed by atoms with van der Waals surface area (Å²) < 4.78 is 39.8. The normalized spacial score (nSPS) is 11.7. The quantitative estimate of drug-likeness (QED) is 0.221. The number of likely N-dealkylation sites (N-methyl/N-ethyl adjacent to an activating group) is 1. The van der Waals surface area contributed by atoms with Crippen molar-refractivity contribution in [2.24, 2.45) is 0 Å². The third-order valence-corrected chi connectivity index (χ3v) is 8.87. The number of nitrogens with zero attached hydrogens (tertiary/aromatic N) is 2. The highest BCUT2D eigenvalue weighted by Gasteiger charge is 2.34. The fraction of sp³-hybridized carbons (Fsp3) is 0.235. The van der Waals surface area contributed by atoms with Gasteiger partial charge >= 0.3 is 0 Å². The zero-order chi connectivity index (χ0) is 31.5. The molecule has 10 heteroatoms. The molecule has 0 radical (unpaired) electrons. The maximum Gasteiger partial charge on any atom is 0.264 e. The summed E-state index contributed by atoms with van der Waals surface area (Å²) >= 11 is 0. The summed E-state index contributed by atoms with van der Waals surface area (Å²) in [5.41, 5.74) is 1.86. The number of benzene rings is 4. The Labute approximate surface area is 259 Å². The van der Waals surface area contributed by atoms with Gasteiger partial charge in [0.05, 0.1) is 24.8 Å². The van der Waals surface area contributed by atoms with Gasteiger partial charge in [0.15, 0.2) is 0 Å². The Balaban J connectivity index is 1.79. The maximum atomic E-state index is 14.4. The Morgan fingerprint density at radius 2 is 1.39 bits per heavy atom. The van der Waals surface area contributed by atoms with E-state index in [1.165, 1.54) is 24.1 Å². The van der Waals surface area contributed by atoms with Gasteiger partial charge in [0, 0.05) is 19.5 Å². The van der Waals surface area contributed by atoms with E-state index in [4.69, 9.17) is 9.47 Å². The largest absolute Gasteiger partial charge is 0.497 e. The fourth-order valence-corrected chi connectivity index (χ4v) is 6.25. The molecule has 1 N–H and O–H groups in total. The van der Waals surface area contributed by atoms with E-state index >= 15 is 0 Å². The number of hydrogen-bond acceptors (Lipinski definition) is 6. The summed E-state index contributed by atoms with van der Waals surface area (Å²) in [6, 6.07) is 30.1. The SMILES string of the molecule is CCNC(=O)[C@H](Cc1ccccc1)N(Cc1cccc(OC)c1)C(=O)CN(c1ccc(OC)cc1)S(=O)(=O)c1ccccc1. The summed E-state index contributed by atoms with van der Waals surface area (Å²) in [6.07, 6.45) is 0.232. The van der Waals surface area contributed by atoms with E-state index in [1.54, 1.807) is 67.8 Å². The third-order valence-electron chi connectivity index (χ3n) is 7.08. The predicted molar refractivity (Wildman–Crippen MR) is 170 cm³/mol. The van der Waals surface area contributed by atoms with Crippen LogP contribution < -0.4 is 19.1 Å². The van der Waals surface area contributed by atoms with E-state index in [0.717, 1.165) is 15.4 Å². The molecule has 0 aromatic heterocycles. The summed E-state index contributed by atoms with van der Waals surface area (Å²) in [5.74, 6) is 0.250. The second kappa shape index (κ2) is 15.1. The van der Waals surface area contributed by atoms with Crippen molar-refractivity contribution in [3.63, 3.8) is 0 Å². The Morgan fingerprint density at radius 1 is 0.773 bits per heavy atom. The lowest BCUT2D eigenvalue weighted by atomic mass is 10.0. The molecular formula is C34H37N3O6S. The maximum absolute atomic E-state index is 14.4. The van der Waals surface area contributed by atoms with E-state index in [2.05, 4.69) is 5.32 Å². The second-order valence-corrected chi connectivity index (χ2v) is 11.9. The van der Waals surface area contributed by atoms with Crippen LogP contribution in [0.4, 0.5) is 5.69 Å². The van der Waals surface area contributed by atoms with Crippen molar-refractivity contribution in [3.8, 4) is 11.5 Å². The summed E-state index contributed by atoms with van der Waals surface area (Å²) in [4.78, 5) is 29.5. The highest BCUT2D eigenvalue weighted by Crippen LogP contribution is 2.27. The molecule has 2 amide bonds. The van der Waals surface area contributed by atoms with Gasteiger partial charge in [-0.1, -0.05) is 60.7 Å². The summed E-state index contributed by atoms with van der Waals surface area (Å²) in [7, 11) is -1.11. The van der Waals surface area contributed by atoms with Crippen molar-refractivity contribution in [3.05, 3.63) is 120 Å². The van der Waals surface area contributed by atoms with Gasteiger partial charge in [-0.2, -0.15) is 0 Å². The first-order chi connectivity index (χ1) is 21.3. The van der Waals surface area contributed by atoms with Gasteiger partial charge in [0.1, 0.15) is 24.1 Å². The minimum atomic E-state index is -4.18. The van der Waals surface area contributed by atoms with Crippen LogP contribution in [-0.2, 0) is 32.6 Å². The Kier molecular flexibility index (Phi) is 11.0. The van der Waals surface area contributed by atoms with Gasteiger partial charge < -0.3 is 19.7 Å². The van der Waals surface area contributed by atoms with Crippen LogP contribution in [-0.4, -0.2) is 58.5 Å². The monoisotopic (exact) mass is 615 g/mol. The second-order valence-electron chi connectivity index (χ2n) is 10.00. The average Bonchev–Trinajstić information content (AvgIpc) is 3.06. The first-order valence-electron chi connectivity index (χ1n) is 14.2. The van der Waals surface area contributed by atoms with Crippen LogP contribution in [0.2, 0.25) is 0 Å². The molecule has 4 aromatic carbocycles. The molecule has 0 aliphatic heterocycles. The van der Waals surface area contributed by atoms with Crippen molar-refractivity contribution >= 4 is 27.5 Å². The zero-order valence-corrected chi connectivity index (χ0v) is 25.9. The van der Waals surface area contributed by atoms with E-state index in [9.17, 15) is 18.0 Å². The van der Waals surface area contributed by atoms with E-state index in [0.29, 0.717) is 18.0 Å². The van der Waals surface area contributed by atoms with E-state index in [1.807, 2.05) is 43.3 Å². The molecule has 0 heterocycles.